The lowest BCUT2D eigenvalue weighted by molar-refractivity contribution is -0.138. The molecule has 1 aromatic heterocycles. The third kappa shape index (κ3) is 2.64. The molecule has 1 heterocycles. The summed E-state index contributed by atoms with van der Waals surface area (Å²) in [6, 6.07) is 2.11. The molecule has 1 aromatic rings. The molecule has 0 radical (unpaired) electrons. The molecule has 0 N–H and O–H groups in total. The van der Waals surface area contributed by atoms with Gasteiger partial charge in [-0.15, -0.1) is 0 Å². The molecular weight excluding hydrogens is 218 g/mol. The second kappa shape index (κ2) is 5.48. The average molecular weight is 237 g/mol. The average Bonchev–Trinajstić information content (AvgIpc) is 2.67. The first-order chi connectivity index (χ1) is 7.81. The van der Waals surface area contributed by atoms with Crippen LogP contribution in [-0.4, -0.2) is 17.4 Å². The SMILES string of the molecule is CCCN(Cc1ccsc1)C(=O)C1CCC1. The van der Waals surface area contributed by atoms with E-state index < -0.39 is 0 Å². The summed E-state index contributed by atoms with van der Waals surface area (Å²) >= 11 is 1.70. The number of thiophene rings is 1. The largest absolute Gasteiger partial charge is 0.338 e. The molecule has 2 rings (SSSR count). The van der Waals surface area contributed by atoms with Crippen LogP contribution < -0.4 is 0 Å². The van der Waals surface area contributed by atoms with E-state index in [-0.39, 0.29) is 0 Å². The minimum absolute atomic E-state index is 0.324. The Morgan fingerprint density at radius 2 is 2.38 bits per heavy atom. The summed E-state index contributed by atoms with van der Waals surface area (Å²) in [6.45, 7) is 3.83. The van der Waals surface area contributed by atoms with Gasteiger partial charge in [-0.1, -0.05) is 13.3 Å². The normalized spacial score (nSPS) is 15.8. The quantitative estimate of drug-likeness (QED) is 0.769. The zero-order valence-corrected chi connectivity index (χ0v) is 10.6. The smallest absolute Gasteiger partial charge is 0.225 e. The molecule has 88 valence electrons. The fraction of sp³-hybridized carbons (Fsp3) is 0.615. The van der Waals surface area contributed by atoms with Crippen LogP contribution in [0.25, 0.3) is 0 Å². The van der Waals surface area contributed by atoms with Crippen LogP contribution in [0, 0.1) is 5.92 Å². The number of carbonyl (C=O) groups is 1. The van der Waals surface area contributed by atoms with Gasteiger partial charge in [0, 0.05) is 19.0 Å². The van der Waals surface area contributed by atoms with Crippen LogP contribution in [0.5, 0.6) is 0 Å². The second-order valence-electron chi connectivity index (χ2n) is 4.52. The van der Waals surface area contributed by atoms with E-state index in [2.05, 4.69) is 23.8 Å². The Morgan fingerprint density at radius 1 is 1.56 bits per heavy atom. The third-order valence-corrected chi connectivity index (χ3v) is 3.95. The summed E-state index contributed by atoms with van der Waals surface area (Å²) < 4.78 is 0. The molecular formula is C13H19NOS. The van der Waals surface area contributed by atoms with Crippen LogP contribution in [0.2, 0.25) is 0 Å². The number of hydrogen-bond acceptors (Lipinski definition) is 2. The van der Waals surface area contributed by atoms with Crippen molar-refractivity contribution in [2.24, 2.45) is 5.92 Å². The van der Waals surface area contributed by atoms with E-state index in [4.69, 9.17) is 0 Å². The van der Waals surface area contributed by atoms with E-state index in [1.165, 1.54) is 12.0 Å². The van der Waals surface area contributed by atoms with Crippen molar-refractivity contribution in [2.75, 3.05) is 6.54 Å². The summed E-state index contributed by atoms with van der Waals surface area (Å²) in [4.78, 5) is 14.2. The Bertz CT molecular complexity index is 330. The minimum atomic E-state index is 0.324. The molecule has 0 unspecified atom stereocenters. The van der Waals surface area contributed by atoms with E-state index in [1.54, 1.807) is 11.3 Å². The minimum Gasteiger partial charge on any atom is -0.338 e. The lowest BCUT2D eigenvalue weighted by Gasteiger charge is -2.31. The molecule has 1 saturated carbocycles. The molecule has 16 heavy (non-hydrogen) atoms. The Hall–Kier alpha value is -0.830. The van der Waals surface area contributed by atoms with Crippen LogP contribution >= 0.6 is 11.3 Å². The van der Waals surface area contributed by atoms with Gasteiger partial charge in [0.2, 0.25) is 5.91 Å². The van der Waals surface area contributed by atoms with E-state index in [1.807, 2.05) is 4.90 Å². The molecule has 0 aliphatic heterocycles. The first-order valence-corrected chi connectivity index (χ1v) is 7.05. The third-order valence-electron chi connectivity index (χ3n) is 3.21. The van der Waals surface area contributed by atoms with Gasteiger partial charge < -0.3 is 4.90 Å². The van der Waals surface area contributed by atoms with Crippen LogP contribution in [0.4, 0.5) is 0 Å². The Kier molecular flexibility index (Phi) is 3.99. The number of rotatable bonds is 5. The first-order valence-electron chi connectivity index (χ1n) is 6.11. The highest BCUT2D eigenvalue weighted by Crippen LogP contribution is 2.29. The maximum atomic E-state index is 12.2. The Morgan fingerprint density at radius 3 is 2.88 bits per heavy atom. The van der Waals surface area contributed by atoms with Crippen molar-refractivity contribution in [2.45, 2.75) is 39.2 Å². The molecule has 1 aliphatic carbocycles. The van der Waals surface area contributed by atoms with Gasteiger partial charge in [-0.3, -0.25) is 4.79 Å². The van der Waals surface area contributed by atoms with Gasteiger partial charge in [-0.25, -0.2) is 0 Å². The number of carbonyl (C=O) groups excluding carboxylic acids is 1. The molecule has 1 amide bonds. The fourth-order valence-corrected chi connectivity index (χ4v) is 2.71. The van der Waals surface area contributed by atoms with Gasteiger partial charge in [0.1, 0.15) is 0 Å². The summed E-state index contributed by atoms with van der Waals surface area (Å²) in [5.41, 5.74) is 1.27. The zero-order valence-electron chi connectivity index (χ0n) is 9.82. The molecule has 1 fully saturated rings. The molecule has 1 aliphatic rings. The van der Waals surface area contributed by atoms with E-state index in [0.717, 1.165) is 32.4 Å². The monoisotopic (exact) mass is 237 g/mol. The number of nitrogens with zero attached hydrogens (tertiary/aromatic N) is 1. The van der Waals surface area contributed by atoms with Crippen molar-refractivity contribution < 1.29 is 4.79 Å². The van der Waals surface area contributed by atoms with Crippen molar-refractivity contribution in [3.8, 4) is 0 Å². The maximum absolute atomic E-state index is 12.2. The second-order valence-corrected chi connectivity index (χ2v) is 5.30. The fourth-order valence-electron chi connectivity index (χ4n) is 2.05. The van der Waals surface area contributed by atoms with Gasteiger partial charge in [0.05, 0.1) is 0 Å². The highest BCUT2D eigenvalue weighted by Gasteiger charge is 2.28. The maximum Gasteiger partial charge on any atom is 0.225 e. The van der Waals surface area contributed by atoms with Gasteiger partial charge in [-0.2, -0.15) is 11.3 Å². The van der Waals surface area contributed by atoms with Crippen LogP contribution in [0.1, 0.15) is 38.2 Å². The van der Waals surface area contributed by atoms with Gasteiger partial charge in [-0.05, 0) is 41.7 Å². The van der Waals surface area contributed by atoms with Crippen molar-refractivity contribution in [1.29, 1.82) is 0 Å². The molecule has 0 aromatic carbocycles. The first kappa shape index (κ1) is 11.6. The highest BCUT2D eigenvalue weighted by atomic mass is 32.1. The summed E-state index contributed by atoms with van der Waals surface area (Å²) in [7, 11) is 0. The molecule has 0 spiro atoms. The predicted molar refractivity (Wildman–Crippen MR) is 67.4 cm³/mol. The van der Waals surface area contributed by atoms with E-state index >= 15 is 0 Å². The number of hydrogen-bond donors (Lipinski definition) is 0. The topological polar surface area (TPSA) is 20.3 Å². The van der Waals surface area contributed by atoms with E-state index in [0.29, 0.717) is 11.8 Å². The predicted octanol–water partition coefficient (Wildman–Crippen LogP) is 3.29. The van der Waals surface area contributed by atoms with Crippen LogP contribution in [0.3, 0.4) is 0 Å². The molecule has 0 saturated heterocycles. The van der Waals surface area contributed by atoms with Crippen molar-refractivity contribution in [1.82, 2.24) is 4.90 Å². The zero-order chi connectivity index (χ0) is 11.4. The summed E-state index contributed by atoms with van der Waals surface area (Å²) in [6.07, 6.45) is 4.47. The molecule has 0 bridgehead atoms. The van der Waals surface area contributed by atoms with Crippen molar-refractivity contribution >= 4 is 17.2 Å². The van der Waals surface area contributed by atoms with Gasteiger partial charge >= 0.3 is 0 Å². The van der Waals surface area contributed by atoms with Crippen molar-refractivity contribution in [3.63, 3.8) is 0 Å². The van der Waals surface area contributed by atoms with Gasteiger partial charge in [0.25, 0.3) is 0 Å². The standard InChI is InChI=1S/C13H19NOS/c1-2-7-14(9-11-6-8-16-10-11)13(15)12-4-3-5-12/h6,8,10,12H,2-5,7,9H2,1H3. The molecule has 2 nitrogen and oxygen atoms in total. The number of amides is 1. The van der Waals surface area contributed by atoms with Crippen LogP contribution in [0.15, 0.2) is 16.8 Å². The summed E-state index contributed by atoms with van der Waals surface area (Å²) in [5.74, 6) is 0.699. The molecule has 0 atom stereocenters. The highest BCUT2D eigenvalue weighted by molar-refractivity contribution is 7.07. The van der Waals surface area contributed by atoms with E-state index in [9.17, 15) is 4.79 Å². The van der Waals surface area contributed by atoms with Crippen molar-refractivity contribution in [3.05, 3.63) is 22.4 Å². The lowest BCUT2D eigenvalue weighted by Crippen LogP contribution is -2.38. The van der Waals surface area contributed by atoms with Crippen LogP contribution in [-0.2, 0) is 11.3 Å². The Balaban J connectivity index is 1.95. The Labute approximate surface area is 101 Å². The molecule has 3 heteroatoms. The van der Waals surface area contributed by atoms with Gasteiger partial charge in [0.15, 0.2) is 0 Å². The summed E-state index contributed by atoms with van der Waals surface area (Å²) in [5, 5.41) is 4.21. The lowest BCUT2D eigenvalue weighted by atomic mass is 9.84.